The zero-order valence-electron chi connectivity index (χ0n) is 33.0. The summed E-state index contributed by atoms with van der Waals surface area (Å²) in [6.07, 6.45) is 5.12. The van der Waals surface area contributed by atoms with Gasteiger partial charge in [0, 0.05) is 54.3 Å². The van der Waals surface area contributed by atoms with Crippen LogP contribution in [-0.2, 0) is 46.4 Å². The van der Waals surface area contributed by atoms with Crippen molar-refractivity contribution >= 4 is 41.1 Å². The van der Waals surface area contributed by atoms with Gasteiger partial charge in [-0.05, 0) is 51.8 Å². The Kier molecular flexibility index (Phi) is 18.9. The van der Waals surface area contributed by atoms with Gasteiger partial charge in [-0.2, -0.15) is 11.8 Å². The number of nitrogens with one attached hydrogen (secondary N) is 4. The molecule has 3 atom stereocenters. The Morgan fingerprint density at radius 3 is 2.52 bits per heavy atom. The first-order valence-corrected chi connectivity index (χ1v) is 20.3. The monoisotopic (exact) mass is 799 g/mol. The number of ether oxygens (including phenoxy) is 5. The van der Waals surface area contributed by atoms with Crippen LogP contribution in [0.2, 0.25) is 0 Å². The molecule has 16 nitrogen and oxygen atoms in total. The van der Waals surface area contributed by atoms with Crippen LogP contribution in [0.3, 0.4) is 0 Å². The number of aromatic nitrogens is 3. The van der Waals surface area contributed by atoms with Crippen molar-refractivity contribution in [1.82, 2.24) is 30.9 Å². The lowest BCUT2D eigenvalue weighted by molar-refractivity contribution is -0.154. The van der Waals surface area contributed by atoms with Crippen molar-refractivity contribution in [1.29, 1.82) is 0 Å². The second-order valence-corrected chi connectivity index (χ2v) is 15.6. The number of thioether (sulfide) groups is 1. The van der Waals surface area contributed by atoms with Crippen molar-refractivity contribution in [3.63, 3.8) is 0 Å². The van der Waals surface area contributed by atoms with E-state index in [1.807, 2.05) is 17.8 Å². The van der Waals surface area contributed by atoms with Gasteiger partial charge in [0.15, 0.2) is 5.78 Å². The summed E-state index contributed by atoms with van der Waals surface area (Å²) < 4.78 is 29.3. The molecule has 0 bridgehead atoms. The quantitative estimate of drug-likeness (QED) is 0.0377. The molecule has 2 fully saturated rings. The minimum atomic E-state index is -0.599. The van der Waals surface area contributed by atoms with E-state index in [0.717, 1.165) is 25.0 Å². The smallest absolute Gasteiger partial charge is 0.315 e. The van der Waals surface area contributed by atoms with Crippen LogP contribution in [0.25, 0.3) is 0 Å². The van der Waals surface area contributed by atoms with Gasteiger partial charge in [-0.25, -0.2) is 9.48 Å². The number of fused-ring (bicyclic) bond motifs is 1. The molecule has 1 aromatic carbocycles. The number of urea groups is 1. The fraction of sp³-hybridized carbons (Fsp3) is 0.641. The van der Waals surface area contributed by atoms with Crippen LogP contribution in [-0.4, -0.2) is 127 Å². The molecule has 4 rings (SSSR count). The molecule has 0 aliphatic carbocycles. The maximum Gasteiger partial charge on any atom is 0.315 e. The summed E-state index contributed by atoms with van der Waals surface area (Å²) in [4.78, 5) is 48.5. The number of nitrogens with zero attached hydrogens (tertiary/aromatic N) is 3. The molecule has 3 heterocycles. The summed E-state index contributed by atoms with van der Waals surface area (Å²) in [5.41, 5.74) is 1.85. The summed E-state index contributed by atoms with van der Waals surface area (Å²) in [5, 5.41) is 20.5. The Morgan fingerprint density at radius 1 is 0.982 bits per heavy atom. The lowest BCUT2D eigenvalue weighted by Crippen LogP contribution is -2.36. The van der Waals surface area contributed by atoms with Gasteiger partial charge in [0.1, 0.15) is 17.9 Å². The zero-order chi connectivity index (χ0) is 40.2. The summed E-state index contributed by atoms with van der Waals surface area (Å²) >= 11 is 1.89. The lowest BCUT2D eigenvalue weighted by atomic mass is 10.0. The maximum atomic E-state index is 12.9. The summed E-state index contributed by atoms with van der Waals surface area (Å²) in [6, 6.07) is 5.69. The first-order chi connectivity index (χ1) is 27.0. The molecular formula is C39H57N7O9S. The van der Waals surface area contributed by atoms with Crippen molar-refractivity contribution in [2.75, 3.05) is 70.9 Å². The molecule has 2 saturated heterocycles. The number of hydrogen-bond acceptors (Lipinski definition) is 13. The van der Waals surface area contributed by atoms with Crippen molar-refractivity contribution in [2.24, 2.45) is 0 Å². The number of hydrogen-bond donors (Lipinski definition) is 4. The molecule has 56 heavy (non-hydrogen) atoms. The van der Waals surface area contributed by atoms with Crippen LogP contribution in [0, 0.1) is 11.8 Å². The number of unbranched alkanes of at least 4 members (excludes halogenated alkanes) is 1. The van der Waals surface area contributed by atoms with Gasteiger partial charge in [-0.15, -0.1) is 5.10 Å². The third-order valence-electron chi connectivity index (χ3n) is 8.67. The predicted molar refractivity (Wildman–Crippen MR) is 211 cm³/mol. The third kappa shape index (κ3) is 16.5. The van der Waals surface area contributed by atoms with E-state index in [2.05, 4.69) is 43.4 Å². The highest BCUT2D eigenvalue weighted by Crippen LogP contribution is 2.33. The number of amides is 3. The van der Waals surface area contributed by atoms with E-state index in [0.29, 0.717) is 86.9 Å². The van der Waals surface area contributed by atoms with Crippen molar-refractivity contribution in [3.05, 3.63) is 41.2 Å². The summed E-state index contributed by atoms with van der Waals surface area (Å²) in [7, 11) is 1.73. The van der Waals surface area contributed by atoms with E-state index in [4.69, 9.17) is 23.7 Å². The Balaban J connectivity index is 0.957. The first kappa shape index (κ1) is 44.5. The van der Waals surface area contributed by atoms with Crippen molar-refractivity contribution < 1.29 is 42.9 Å². The minimum Gasteiger partial charge on any atom is -0.460 e. The molecule has 0 radical (unpaired) electrons. The molecule has 0 spiro atoms. The second-order valence-electron chi connectivity index (χ2n) is 14.3. The largest absolute Gasteiger partial charge is 0.460 e. The van der Waals surface area contributed by atoms with Crippen LogP contribution in [0.5, 0.6) is 0 Å². The Hall–Kier alpha value is -4.21. The standard InChI is InChI=1S/C39H57N7O9S/c1-39(2,3)55-36(49)14-13-33(47)30-24-28(11-12-31(30)40-4)8-7-17-54-26-29-25-46(45-44-29)16-19-52-21-23-53-22-20-51-18-15-41-35(48)10-6-5-9-34-37-32(27-56-34)42-38(50)43-37/h11-12,24-25,32,34,37,40H,5-6,9-10,13-23,26-27H2,1-4H3,(H,41,48)(H2,42,43,50)/t32?,34-,37-/m0/s1. The number of anilines is 1. The van der Waals surface area contributed by atoms with Crippen molar-refractivity contribution in [2.45, 2.75) is 95.4 Å². The predicted octanol–water partition coefficient (Wildman–Crippen LogP) is 3.08. The number of rotatable bonds is 25. The van der Waals surface area contributed by atoms with Gasteiger partial charge in [0.05, 0.1) is 77.5 Å². The fourth-order valence-electron chi connectivity index (χ4n) is 6.00. The normalized spacial score (nSPS) is 17.4. The number of carbonyl (C=O) groups excluding carboxylic acids is 4. The molecule has 3 amide bonds. The number of esters is 1. The van der Waals surface area contributed by atoms with Gasteiger partial charge in [-0.3, -0.25) is 14.4 Å². The Labute approximate surface area is 333 Å². The van der Waals surface area contributed by atoms with E-state index in [1.165, 1.54) is 0 Å². The molecule has 17 heteroatoms. The first-order valence-electron chi connectivity index (χ1n) is 19.2. The molecule has 2 aliphatic rings. The molecular weight excluding hydrogens is 743 g/mol. The van der Waals surface area contributed by atoms with Gasteiger partial charge >= 0.3 is 12.0 Å². The highest BCUT2D eigenvalue weighted by molar-refractivity contribution is 8.00. The molecule has 0 saturated carbocycles. The number of ketones is 1. The molecule has 1 aromatic heterocycles. The SMILES string of the molecule is CNc1ccc(C#CCOCc2cn(CCOCCOCCOCCNC(=O)CCCC[C@@H]3SCC4NC(=O)N[C@@H]43)nn2)cc1C(=O)CCC(=O)OC(C)(C)C. The average molecular weight is 800 g/mol. The summed E-state index contributed by atoms with van der Waals surface area (Å²) in [5.74, 6) is 6.38. The molecule has 4 N–H and O–H groups in total. The summed E-state index contributed by atoms with van der Waals surface area (Å²) in [6.45, 7) is 9.39. The van der Waals surface area contributed by atoms with E-state index < -0.39 is 11.6 Å². The van der Waals surface area contributed by atoms with Crippen molar-refractivity contribution in [3.8, 4) is 11.8 Å². The van der Waals surface area contributed by atoms with Gasteiger partial charge in [0.25, 0.3) is 0 Å². The van der Waals surface area contributed by atoms with Gasteiger partial charge < -0.3 is 45.0 Å². The second kappa shape index (κ2) is 23.8. The average Bonchev–Trinajstić information content (AvgIpc) is 3.88. The molecule has 2 aliphatic heterocycles. The van der Waals surface area contributed by atoms with E-state index in [1.54, 1.807) is 50.8 Å². The van der Waals surface area contributed by atoms with Crippen LogP contribution in [0.15, 0.2) is 24.4 Å². The zero-order valence-corrected chi connectivity index (χ0v) is 33.8. The highest BCUT2D eigenvalue weighted by Gasteiger charge is 2.42. The fourth-order valence-corrected chi connectivity index (χ4v) is 7.54. The number of Topliss-reactive ketones (excluding diaryl/α,β-unsaturated/α-hetero) is 1. The molecule has 2 aromatic rings. The highest BCUT2D eigenvalue weighted by atomic mass is 32.2. The lowest BCUT2D eigenvalue weighted by Gasteiger charge is -2.19. The topological polar surface area (TPSA) is 193 Å². The number of benzene rings is 1. The molecule has 1 unspecified atom stereocenters. The Morgan fingerprint density at radius 2 is 1.75 bits per heavy atom. The molecule has 308 valence electrons. The van der Waals surface area contributed by atoms with Crippen LogP contribution in [0.4, 0.5) is 10.5 Å². The minimum absolute atomic E-state index is 0.00501. The van der Waals surface area contributed by atoms with E-state index >= 15 is 0 Å². The maximum absolute atomic E-state index is 12.9. The van der Waals surface area contributed by atoms with Crippen LogP contribution in [0.1, 0.15) is 80.9 Å². The third-order valence-corrected chi connectivity index (χ3v) is 10.2. The van der Waals surface area contributed by atoms with E-state index in [-0.39, 0.29) is 55.9 Å². The van der Waals surface area contributed by atoms with Crippen LogP contribution >= 0.6 is 11.8 Å². The van der Waals surface area contributed by atoms with Gasteiger partial charge in [-0.1, -0.05) is 23.5 Å². The Bertz CT molecular complexity index is 1640. The van der Waals surface area contributed by atoms with E-state index in [9.17, 15) is 19.2 Å². The number of carbonyl (C=O) groups is 4. The van der Waals surface area contributed by atoms with Crippen LogP contribution < -0.4 is 21.3 Å². The van der Waals surface area contributed by atoms with Gasteiger partial charge in [0.2, 0.25) is 5.91 Å².